The standard InChI is InChI=1S/C29H29F2N5O7/c1-15-14-42-27-24-18(26(38)19(28(39)40)13-35(15)24)10-20(30)25(27)34-8-6-33(7-9-34)21-4-3-5-22(23(21)31)36-12-17(43-29(36)41)11-32-16(2)37/h3-5,10,13,15,17H,6-9,11-12,14H2,1-2H3,(H,32,37)(H,39,40)/t15?,17-/m0/s1. The average molecular weight is 598 g/mol. The maximum atomic E-state index is 15.8. The van der Waals surface area contributed by atoms with E-state index in [0.717, 1.165) is 6.07 Å². The number of carbonyl (C=O) groups is 3. The molecule has 3 aliphatic rings. The smallest absolute Gasteiger partial charge is 0.414 e. The lowest BCUT2D eigenvalue weighted by molar-refractivity contribution is -0.119. The van der Waals surface area contributed by atoms with Crippen LogP contribution in [0, 0.1) is 11.6 Å². The second kappa shape index (κ2) is 10.7. The highest BCUT2D eigenvalue weighted by atomic mass is 19.1. The fourth-order valence-corrected chi connectivity index (χ4v) is 5.87. The molecule has 2 fully saturated rings. The molecule has 0 radical (unpaired) electrons. The molecule has 12 nitrogen and oxygen atoms in total. The van der Waals surface area contributed by atoms with Crippen molar-refractivity contribution >= 4 is 45.9 Å². The largest absolute Gasteiger partial charge is 0.487 e. The second-order valence-electron chi connectivity index (χ2n) is 10.8. The SMILES string of the molecule is CC(=O)NC[C@H]1CN(c2cccc(N3CCN(c4c(F)cc5c(=O)c(C(=O)O)cn6c5c4OCC6C)CC3)c2F)C(=O)O1. The van der Waals surface area contributed by atoms with Gasteiger partial charge in [0.15, 0.2) is 17.4 Å². The number of amides is 2. The number of hydrogen-bond donors (Lipinski definition) is 2. The molecule has 14 heteroatoms. The first-order chi connectivity index (χ1) is 20.5. The zero-order valence-electron chi connectivity index (χ0n) is 23.4. The summed E-state index contributed by atoms with van der Waals surface area (Å²) in [6.45, 7) is 4.73. The molecule has 0 aliphatic carbocycles. The number of aromatic carboxylic acids is 1. The van der Waals surface area contributed by atoms with Crippen molar-refractivity contribution in [2.45, 2.75) is 26.0 Å². The van der Waals surface area contributed by atoms with Gasteiger partial charge in [0, 0.05) is 39.3 Å². The number of piperazine rings is 1. The van der Waals surface area contributed by atoms with E-state index in [1.807, 2.05) is 6.92 Å². The van der Waals surface area contributed by atoms with Crippen molar-refractivity contribution in [1.82, 2.24) is 9.88 Å². The molecule has 2 amide bonds. The van der Waals surface area contributed by atoms with Crippen LogP contribution < -0.4 is 30.2 Å². The van der Waals surface area contributed by atoms with Crippen LogP contribution in [0.25, 0.3) is 10.9 Å². The Morgan fingerprint density at radius 3 is 2.49 bits per heavy atom. The number of carboxylic acids is 1. The third kappa shape index (κ3) is 4.85. The van der Waals surface area contributed by atoms with Gasteiger partial charge >= 0.3 is 12.1 Å². The lowest BCUT2D eigenvalue weighted by Crippen LogP contribution is -2.47. The van der Waals surface area contributed by atoms with Gasteiger partial charge in [-0.25, -0.2) is 18.4 Å². The minimum Gasteiger partial charge on any atom is -0.487 e. The molecular weight excluding hydrogens is 568 g/mol. The molecule has 2 N–H and O–H groups in total. The fraction of sp³-hybridized carbons (Fsp3) is 0.379. The number of halogens is 2. The molecule has 43 heavy (non-hydrogen) atoms. The van der Waals surface area contributed by atoms with Gasteiger partial charge in [0.2, 0.25) is 11.3 Å². The molecule has 3 aliphatic heterocycles. The molecule has 4 heterocycles. The summed E-state index contributed by atoms with van der Waals surface area (Å²) in [6.07, 6.45) is -0.0458. The van der Waals surface area contributed by atoms with Crippen molar-refractivity contribution in [2.24, 2.45) is 0 Å². The van der Waals surface area contributed by atoms with Gasteiger partial charge in [0.05, 0.1) is 41.4 Å². The summed E-state index contributed by atoms with van der Waals surface area (Å²) < 4.78 is 44.3. The van der Waals surface area contributed by atoms with E-state index in [0.29, 0.717) is 31.7 Å². The second-order valence-corrected chi connectivity index (χ2v) is 10.8. The van der Waals surface area contributed by atoms with Crippen LogP contribution in [0.3, 0.4) is 0 Å². The molecule has 0 bridgehead atoms. The van der Waals surface area contributed by atoms with E-state index < -0.39 is 40.8 Å². The van der Waals surface area contributed by atoms with Crippen molar-refractivity contribution in [3.05, 3.63) is 57.9 Å². The van der Waals surface area contributed by atoms with Gasteiger partial charge in [-0.3, -0.25) is 14.5 Å². The van der Waals surface area contributed by atoms with Gasteiger partial charge in [0.1, 0.15) is 24.0 Å². The Hall–Kier alpha value is -4.88. The first-order valence-corrected chi connectivity index (χ1v) is 13.8. The number of anilines is 3. The zero-order valence-corrected chi connectivity index (χ0v) is 23.4. The maximum Gasteiger partial charge on any atom is 0.414 e. The number of carboxylic acid groups (broad SMARTS) is 1. The number of carbonyl (C=O) groups excluding carboxylic acids is 2. The number of nitrogens with zero attached hydrogens (tertiary/aromatic N) is 4. The summed E-state index contributed by atoms with van der Waals surface area (Å²) in [6, 6.07) is 5.51. The van der Waals surface area contributed by atoms with Crippen molar-refractivity contribution in [1.29, 1.82) is 0 Å². The highest BCUT2D eigenvalue weighted by Gasteiger charge is 2.36. The van der Waals surface area contributed by atoms with Crippen LogP contribution in [0.4, 0.5) is 30.6 Å². The molecule has 0 saturated carbocycles. The number of hydrogen-bond acceptors (Lipinski definition) is 8. The topological polar surface area (TPSA) is 134 Å². The molecule has 2 aromatic carbocycles. The predicted molar refractivity (Wildman–Crippen MR) is 152 cm³/mol. The van der Waals surface area contributed by atoms with E-state index in [4.69, 9.17) is 9.47 Å². The summed E-state index contributed by atoms with van der Waals surface area (Å²) in [5.74, 6) is -2.80. The quantitative estimate of drug-likeness (QED) is 0.440. The summed E-state index contributed by atoms with van der Waals surface area (Å²) in [7, 11) is 0. The molecule has 226 valence electrons. The number of cyclic esters (lactones) is 1. The normalized spacial score (nSPS) is 19.8. The number of pyridine rings is 1. The lowest BCUT2D eigenvalue weighted by atomic mass is 10.1. The van der Waals surface area contributed by atoms with Crippen molar-refractivity contribution in [2.75, 3.05) is 60.6 Å². The maximum absolute atomic E-state index is 15.8. The molecule has 3 aromatic rings. The number of nitrogens with one attached hydrogen (secondary N) is 1. The van der Waals surface area contributed by atoms with Crippen molar-refractivity contribution in [3.63, 3.8) is 0 Å². The summed E-state index contributed by atoms with van der Waals surface area (Å²) in [5.41, 5.74) is -0.401. The molecule has 1 unspecified atom stereocenters. The predicted octanol–water partition coefficient (Wildman–Crippen LogP) is 2.72. The van der Waals surface area contributed by atoms with E-state index in [9.17, 15) is 24.3 Å². The minimum absolute atomic E-state index is 0.0569. The van der Waals surface area contributed by atoms with Crippen LogP contribution >= 0.6 is 0 Å². The van der Waals surface area contributed by atoms with E-state index in [1.54, 1.807) is 26.5 Å². The van der Waals surface area contributed by atoms with E-state index in [-0.39, 0.29) is 59.8 Å². The van der Waals surface area contributed by atoms with Gasteiger partial charge in [-0.1, -0.05) is 6.07 Å². The Bertz CT molecular complexity index is 1720. The molecule has 1 aromatic heterocycles. The van der Waals surface area contributed by atoms with Crippen LogP contribution in [0.15, 0.2) is 35.3 Å². The number of aromatic nitrogens is 1. The molecule has 2 atom stereocenters. The van der Waals surface area contributed by atoms with Crippen molar-refractivity contribution < 1.29 is 37.7 Å². The number of benzene rings is 2. The summed E-state index contributed by atoms with van der Waals surface area (Å²) >= 11 is 0. The number of rotatable bonds is 6. The molecule has 0 spiro atoms. The monoisotopic (exact) mass is 597 g/mol. The van der Waals surface area contributed by atoms with E-state index in [2.05, 4.69) is 5.32 Å². The third-order valence-electron chi connectivity index (χ3n) is 8.01. The Kier molecular flexibility index (Phi) is 7.06. The van der Waals surface area contributed by atoms with Crippen LogP contribution in [0.5, 0.6) is 5.75 Å². The van der Waals surface area contributed by atoms with Gasteiger partial charge in [-0.05, 0) is 25.1 Å². The third-order valence-corrected chi connectivity index (χ3v) is 8.01. The van der Waals surface area contributed by atoms with Gasteiger partial charge in [-0.2, -0.15) is 0 Å². The highest BCUT2D eigenvalue weighted by Crippen LogP contribution is 2.42. The van der Waals surface area contributed by atoms with Gasteiger partial charge < -0.3 is 34.3 Å². The molecular formula is C29H29F2N5O7. The Morgan fingerprint density at radius 2 is 1.79 bits per heavy atom. The van der Waals surface area contributed by atoms with Crippen molar-refractivity contribution in [3.8, 4) is 5.75 Å². The van der Waals surface area contributed by atoms with Gasteiger partial charge in [-0.15, -0.1) is 0 Å². The summed E-state index contributed by atoms with van der Waals surface area (Å²) in [5, 5.41) is 12.0. The van der Waals surface area contributed by atoms with E-state index in [1.165, 1.54) is 24.1 Å². The molecule has 6 rings (SSSR count). The summed E-state index contributed by atoms with van der Waals surface area (Å²) in [4.78, 5) is 53.0. The zero-order chi connectivity index (χ0) is 30.6. The van der Waals surface area contributed by atoms with E-state index >= 15 is 8.78 Å². The van der Waals surface area contributed by atoms with Crippen LogP contribution in [0.1, 0.15) is 30.2 Å². The highest BCUT2D eigenvalue weighted by molar-refractivity contribution is 5.97. The Balaban J connectivity index is 1.25. The molecule has 2 saturated heterocycles. The Labute approximate surface area is 244 Å². The first-order valence-electron chi connectivity index (χ1n) is 13.8. The minimum atomic E-state index is -1.39. The lowest BCUT2D eigenvalue weighted by Gasteiger charge is -2.39. The number of ether oxygens (including phenoxy) is 2. The Morgan fingerprint density at radius 1 is 1.09 bits per heavy atom. The van der Waals surface area contributed by atoms with Gasteiger partial charge in [0.25, 0.3) is 0 Å². The van der Waals surface area contributed by atoms with Crippen LogP contribution in [-0.4, -0.2) is 79.6 Å². The van der Waals surface area contributed by atoms with Crippen LogP contribution in [-0.2, 0) is 9.53 Å². The first kappa shape index (κ1) is 28.2. The van der Waals surface area contributed by atoms with Crippen LogP contribution in [0.2, 0.25) is 0 Å². The average Bonchev–Trinajstić information content (AvgIpc) is 3.35. The fourth-order valence-electron chi connectivity index (χ4n) is 5.87.